The Kier molecular flexibility index (Phi) is 12.7. The van der Waals surface area contributed by atoms with Crippen molar-refractivity contribution >= 4 is 110 Å². The van der Waals surface area contributed by atoms with E-state index >= 15 is 0 Å². The quantitative estimate of drug-likeness (QED) is 0.151. The summed E-state index contributed by atoms with van der Waals surface area (Å²) in [6.07, 6.45) is 0. The molecule has 0 aliphatic heterocycles. The molecule has 0 aliphatic rings. The maximum absolute atomic E-state index is 2.59. The number of anilines is 6. The Bertz CT molecular complexity index is 5030. The molecule has 446 valence electrons. The van der Waals surface area contributed by atoms with Gasteiger partial charge in [-0.2, -0.15) is 0 Å². The summed E-state index contributed by atoms with van der Waals surface area (Å²) in [5.41, 5.74) is 29.3. The van der Waals surface area contributed by atoms with Crippen molar-refractivity contribution in [2.24, 2.45) is 0 Å². The molecule has 4 heteroatoms. The van der Waals surface area contributed by atoms with Gasteiger partial charge in [-0.1, -0.05) is 217 Å². The summed E-state index contributed by atoms with van der Waals surface area (Å²) < 4.78 is 5.18. The zero-order valence-corrected chi connectivity index (χ0v) is 55.4. The average molecular weight is 1170 g/mol. The van der Waals surface area contributed by atoms with Crippen LogP contribution in [0.3, 0.4) is 0 Å². The van der Waals surface area contributed by atoms with Crippen LogP contribution >= 0.6 is 0 Å². The first-order valence-electron chi connectivity index (χ1n) is 32.4. The third kappa shape index (κ3) is 8.91. The van der Waals surface area contributed by atoms with Gasteiger partial charge in [0.2, 0.25) is 0 Å². The smallest absolute Gasteiger partial charge is 0.0641 e. The van der Waals surface area contributed by atoms with Crippen LogP contribution in [0, 0.1) is 27.7 Å². The molecule has 4 aromatic heterocycles. The zero-order valence-electron chi connectivity index (χ0n) is 55.4. The number of aryl methyl sites for hydroxylation is 4. The molecule has 0 spiro atoms. The van der Waals surface area contributed by atoms with Gasteiger partial charge in [0, 0.05) is 65.6 Å². The summed E-state index contributed by atoms with van der Waals surface area (Å²) in [5, 5.41) is 9.96. The van der Waals surface area contributed by atoms with E-state index in [2.05, 4.69) is 336 Å². The molecule has 0 radical (unpaired) electrons. The molecule has 0 aliphatic carbocycles. The summed E-state index contributed by atoms with van der Waals surface area (Å²) in [6.45, 7) is 36.7. The van der Waals surface area contributed by atoms with Crippen LogP contribution in [0.25, 0.3) is 98.4 Å². The number of aromatic nitrogens is 2. The topological polar surface area (TPSA) is 15.3 Å². The van der Waals surface area contributed by atoms with Crippen LogP contribution in [0.15, 0.2) is 206 Å². The summed E-state index contributed by atoms with van der Waals surface area (Å²) in [5.74, 6) is 0. The normalized spacial score (nSPS) is 12.9. The number of fused-ring (bicyclic) bond motifs is 12. The van der Waals surface area contributed by atoms with Gasteiger partial charge < -0.3 is 18.6 Å². The summed E-state index contributed by atoms with van der Waals surface area (Å²) in [7, 11) is 0. The maximum Gasteiger partial charge on any atom is 0.0641 e. The fourth-order valence-electron chi connectivity index (χ4n) is 14.7. The van der Waals surface area contributed by atoms with E-state index < -0.39 is 0 Å². The van der Waals surface area contributed by atoms with Gasteiger partial charge in [0.1, 0.15) is 0 Å². The second-order valence-electron chi connectivity index (χ2n) is 30.2. The molecule has 15 rings (SSSR count). The van der Waals surface area contributed by atoms with Crippen LogP contribution < -0.4 is 9.80 Å². The fraction of sp³-hybridized carbons (Fsp3) is 0.233. The van der Waals surface area contributed by atoms with Gasteiger partial charge in [-0.3, -0.25) is 0 Å². The van der Waals surface area contributed by atoms with Gasteiger partial charge in [0.25, 0.3) is 0 Å². The lowest BCUT2D eigenvalue weighted by atomic mass is 9.83. The molecule has 90 heavy (non-hydrogen) atoms. The SMILES string of the molecule is Cc1ccc(C)c(N(c2ccc(C(C)(C)C)cc2-c2ccc(C(C)(C)C)cc2)c2ccc3c4cc5c(cc4n4c6ccccc6c2c34)c2ccc(N(c3cc(C)ccc3C)c3ccc(C(C)(C)C)cc3-c3ccc(C(C)(C)C)cc3)c3c4ccccc4n5c23)c1. The minimum atomic E-state index is -0.0546. The van der Waals surface area contributed by atoms with Crippen molar-refractivity contribution in [3.05, 3.63) is 251 Å². The van der Waals surface area contributed by atoms with Gasteiger partial charge in [0.15, 0.2) is 0 Å². The second kappa shape index (κ2) is 20.1. The number of hydrogen-bond acceptors (Lipinski definition) is 2. The van der Waals surface area contributed by atoms with E-state index in [0.717, 1.165) is 22.7 Å². The number of rotatable bonds is 8. The minimum Gasteiger partial charge on any atom is -0.309 e. The van der Waals surface area contributed by atoms with E-state index in [1.165, 1.54) is 154 Å². The molecular formula is C86H82N4. The predicted octanol–water partition coefficient (Wildman–Crippen LogP) is 24.7. The van der Waals surface area contributed by atoms with Gasteiger partial charge in [-0.15, -0.1) is 0 Å². The Morgan fingerprint density at radius 1 is 0.267 bits per heavy atom. The van der Waals surface area contributed by atoms with E-state index in [1.54, 1.807) is 0 Å². The van der Waals surface area contributed by atoms with Crippen molar-refractivity contribution in [1.29, 1.82) is 0 Å². The number of para-hydroxylation sites is 2. The molecule has 0 saturated carbocycles. The third-order valence-electron chi connectivity index (χ3n) is 19.8. The van der Waals surface area contributed by atoms with Gasteiger partial charge in [0.05, 0.1) is 55.8 Å². The molecule has 0 bridgehead atoms. The van der Waals surface area contributed by atoms with Crippen molar-refractivity contribution in [3.63, 3.8) is 0 Å². The Morgan fingerprint density at radius 2 is 0.611 bits per heavy atom. The van der Waals surface area contributed by atoms with Crippen LogP contribution in [0.5, 0.6) is 0 Å². The molecule has 4 heterocycles. The van der Waals surface area contributed by atoms with E-state index in [0.29, 0.717) is 0 Å². The highest BCUT2D eigenvalue weighted by atomic mass is 15.2. The first-order chi connectivity index (χ1) is 42.8. The Hall–Kier alpha value is -9.38. The van der Waals surface area contributed by atoms with Crippen molar-refractivity contribution in [2.75, 3.05) is 9.80 Å². The lowest BCUT2D eigenvalue weighted by Gasteiger charge is -2.32. The molecule has 4 nitrogen and oxygen atoms in total. The van der Waals surface area contributed by atoms with E-state index in [1.807, 2.05) is 0 Å². The van der Waals surface area contributed by atoms with Crippen LogP contribution in [0.2, 0.25) is 0 Å². The van der Waals surface area contributed by atoms with E-state index in [-0.39, 0.29) is 21.7 Å². The van der Waals surface area contributed by atoms with Gasteiger partial charge in [-0.05, 0) is 178 Å². The summed E-state index contributed by atoms with van der Waals surface area (Å²) in [4.78, 5) is 5.17. The Labute approximate surface area is 531 Å². The zero-order chi connectivity index (χ0) is 62.8. The van der Waals surface area contributed by atoms with E-state index in [4.69, 9.17) is 0 Å². The van der Waals surface area contributed by atoms with E-state index in [9.17, 15) is 0 Å². The molecule has 15 aromatic rings. The van der Waals surface area contributed by atoms with Gasteiger partial charge >= 0.3 is 0 Å². The molecular weight excluding hydrogens is 1090 g/mol. The highest BCUT2D eigenvalue weighted by Crippen LogP contribution is 2.54. The van der Waals surface area contributed by atoms with Gasteiger partial charge in [-0.25, -0.2) is 0 Å². The lowest BCUT2D eigenvalue weighted by molar-refractivity contribution is 0.589. The van der Waals surface area contributed by atoms with Crippen molar-refractivity contribution in [2.45, 2.75) is 132 Å². The molecule has 0 saturated heterocycles. The van der Waals surface area contributed by atoms with Crippen molar-refractivity contribution in [3.8, 4) is 22.3 Å². The van der Waals surface area contributed by atoms with Crippen LogP contribution in [-0.4, -0.2) is 8.80 Å². The number of benzene rings is 11. The van der Waals surface area contributed by atoms with Crippen molar-refractivity contribution < 1.29 is 0 Å². The maximum atomic E-state index is 2.59. The predicted molar refractivity (Wildman–Crippen MR) is 390 cm³/mol. The first-order valence-corrected chi connectivity index (χ1v) is 32.4. The number of hydrogen-bond donors (Lipinski definition) is 0. The highest BCUT2D eigenvalue weighted by Gasteiger charge is 2.32. The minimum absolute atomic E-state index is 0.0356. The third-order valence-corrected chi connectivity index (χ3v) is 19.8. The van der Waals surface area contributed by atoms with Crippen LogP contribution in [-0.2, 0) is 21.7 Å². The number of nitrogens with zero attached hydrogens (tertiary/aromatic N) is 4. The standard InChI is InChI=1S/C86H82N4/c1-51-25-27-53(3)75(45-51)87(71-41-37-59(85(11,12)13)47-65(71)55-29-33-57(34-30-55)83(5,6)7)73-43-39-61-67-49-78-68(50-77(67)89-69-23-19-17-21-63(69)79(73)81(61)89)62-40-44-74(80-64-22-18-20-24-70(64)90(78)82(62)80)88(76-46-52(2)26-28-54(76)4)72-42-38-60(86(14,15)16)48-66(72)56-31-35-58(36-32-56)84(8,9)10/h17-50H,1-16H3. The fourth-order valence-corrected chi connectivity index (χ4v) is 14.7. The van der Waals surface area contributed by atoms with Crippen LogP contribution in [0.1, 0.15) is 128 Å². The summed E-state index contributed by atoms with van der Waals surface area (Å²) >= 11 is 0. The molecule has 0 amide bonds. The average Bonchev–Trinajstić information content (AvgIpc) is 1.51. The van der Waals surface area contributed by atoms with Crippen molar-refractivity contribution in [1.82, 2.24) is 8.80 Å². The molecule has 0 unspecified atom stereocenters. The lowest BCUT2D eigenvalue weighted by Crippen LogP contribution is -2.16. The second-order valence-corrected chi connectivity index (χ2v) is 30.2. The van der Waals surface area contributed by atoms with Crippen LogP contribution in [0.4, 0.5) is 34.1 Å². The highest BCUT2D eigenvalue weighted by molar-refractivity contribution is 6.32. The first kappa shape index (κ1) is 57.1. The molecule has 11 aromatic carbocycles. The molecule has 0 atom stereocenters. The monoisotopic (exact) mass is 1170 g/mol. The molecule has 0 fully saturated rings. The Balaban J connectivity index is 0.997. The summed E-state index contributed by atoms with van der Waals surface area (Å²) in [6, 6.07) is 80.0. The largest absolute Gasteiger partial charge is 0.309 e. The Morgan fingerprint density at radius 3 is 0.978 bits per heavy atom. The molecule has 0 N–H and O–H groups in total.